The van der Waals surface area contributed by atoms with E-state index in [0.29, 0.717) is 0 Å². The summed E-state index contributed by atoms with van der Waals surface area (Å²) in [6, 6.07) is 0. The van der Waals surface area contributed by atoms with Gasteiger partial charge in [0, 0.05) is 25.4 Å². The van der Waals surface area contributed by atoms with Crippen LogP contribution in [-0.4, -0.2) is 27.4 Å². The minimum Gasteiger partial charge on any atom is -0.478 e. The van der Waals surface area contributed by atoms with Crippen molar-refractivity contribution in [2.75, 3.05) is 11.9 Å². The Morgan fingerprint density at radius 1 is 1.73 bits per heavy atom. The molecule has 0 fully saturated rings. The number of anilines is 1. The van der Waals surface area contributed by atoms with Gasteiger partial charge in [-0.25, -0.2) is 4.79 Å². The van der Waals surface area contributed by atoms with Crippen LogP contribution in [0.15, 0.2) is 18.3 Å². The van der Waals surface area contributed by atoms with Crippen molar-refractivity contribution >= 4 is 11.7 Å². The molecule has 5 nitrogen and oxygen atoms in total. The second-order valence-electron chi connectivity index (χ2n) is 3.28. The Hall–Kier alpha value is -1.78. The number of hydrogen-bond donors (Lipinski definition) is 2. The molecule has 0 saturated carbocycles. The number of nitrogens with one attached hydrogen (secondary N) is 1. The lowest BCUT2D eigenvalue weighted by atomic mass is 10.2. The molecule has 1 rings (SSSR count). The molecule has 2 N–H and O–H groups in total. The van der Waals surface area contributed by atoms with Crippen molar-refractivity contribution in [2.24, 2.45) is 7.05 Å². The van der Waals surface area contributed by atoms with E-state index in [1.54, 1.807) is 4.68 Å². The van der Waals surface area contributed by atoms with E-state index in [1.807, 2.05) is 20.2 Å². The first kappa shape index (κ1) is 11.3. The molecule has 82 valence electrons. The molecule has 0 unspecified atom stereocenters. The molecule has 1 aromatic heterocycles. The molecule has 0 aliphatic rings. The Balaban J connectivity index is 2.64. The second-order valence-corrected chi connectivity index (χ2v) is 3.28. The molecule has 1 heterocycles. The number of carbonyl (C=O) groups is 1. The van der Waals surface area contributed by atoms with E-state index < -0.39 is 5.97 Å². The van der Waals surface area contributed by atoms with Crippen LogP contribution in [0.4, 0.5) is 5.69 Å². The molecule has 0 aliphatic heterocycles. The second kappa shape index (κ2) is 4.63. The van der Waals surface area contributed by atoms with Gasteiger partial charge < -0.3 is 10.4 Å². The van der Waals surface area contributed by atoms with Gasteiger partial charge in [0.05, 0.1) is 11.4 Å². The summed E-state index contributed by atoms with van der Waals surface area (Å²) in [6.07, 6.45) is 2.64. The average molecular weight is 209 g/mol. The Morgan fingerprint density at radius 2 is 2.40 bits per heavy atom. The van der Waals surface area contributed by atoms with E-state index in [0.717, 1.165) is 17.8 Å². The Bertz CT molecular complexity index is 382. The van der Waals surface area contributed by atoms with Crippen LogP contribution in [0, 0.1) is 0 Å². The van der Waals surface area contributed by atoms with E-state index in [-0.39, 0.29) is 12.1 Å². The van der Waals surface area contributed by atoms with Crippen LogP contribution < -0.4 is 5.32 Å². The standard InChI is InChI=1S/C10H15N3O2/c1-4-8-9(6-13(3)12-8)11-5-7(2)10(14)15/h6,11H,2,4-5H2,1,3H3,(H,14,15). The molecule has 0 bridgehead atoms. The van der Waals surface area contributed by atoms with Gasteiger partial charge in [0.25, 0.3) is 0 Å². The zero-order valence-corrected chi connectivity index (χ0v) is 8.95. The SMILES string of the molecule is C=C(CNc1cn(C)nc1CC)C(=O)O. The quantitative estimate of drug-likeness (QED) is 0.711. The zero-order valence-electron chi connectivity index (χ0n) is 8.95. The van der Waals surface area contributed by atoms with Crippen molar-refractivity contribution in [3.63, 3.8) is 0 Å². The molecule has 0 spiro atoms. The summed E-state index contributed by atoms with van der Waals surface area (Å²) in [6.45, 7) is 5.67. The Kier molecular flexibility index (Phi) is 3.49. The molecule has 0 aliphatic carbocycles. The van der Waals surface area contributed by atoms with Crippen LogP contribution in [0.5, 0.6) is 0 Å². The lowest BCUT2D eigenvalue weighted by molar-refractivity contribution is -0.132. The maximum Gasteiger partial charge on any atom is 0.332 e. The van der Waals surface area contributed by atoms with Crippen molar-refractivity contribution in [3.8, 4) is 0 Å². The highest BCUT2D eigenvalue weighted by Crippen LogP contribution is 2.13. The molecule has 0 saturated heterocycles. The van der Waals surface area contributed by atoms with Crippen LogP contribution in [0.1, 0.15) is 12.6 Å². The van der Waals surface area contributed by atoms with Gasteiger partial charge in [-0.2, -0.15) is 5.10 Å². The molecule has 5 heteroatoms. The number of carboxylic acids is 1. The molecule has 0 aromatic carbocycles. The summed E-state index contributed by atoms with van der Waals surface area (Å²) >= 11 is 0. The number of carboxylic acid groups (broad SMARTS) is 1. The first-order valence-corrected chi connectivity index (χ1v) is 4.72. The van der Waals surface area contributed by atoms with Crippen molar-refractivity contribution in [3.05, 3.63) is 24.0 Å². The lowest BCUT2D eigenvalue weighted by Crippen LogP contribution is -2.11. The van der Waals surface area contributed by atoms with Gasteiger partial charge in [-0.05, 0) is 6.42 Å². The first-order chi connectivity index (χ1) is 7.04. The van der Waals surface area contributed by atoms with Crippen molar-refractivity contribution in [1.29, 1.82) is 0 Å². The summed E-state index contributed by atoms with van der Waals surface area (Å²) in [5.74, 6) is -0.982. The smallest absolute Gasteiger partial charge is 0.332 e. The minimum atomic E-state index is -0.982. The lowest BCUT2D eigenvalue weighted by Gasteiger charge is -2.04. The van der Waals surface area contributed by atoms with Crippen LogP contribution in [0.25, 0.3) is 0 Å². The van der Waals surface area contributed by atoms with Gasteiger partial charge in [0.2, 0.25) is 0 Å². The average Bonchev–Trinajstić information content (AvgIpc) is 2.55. The number of aliphatic carboxylic acids is 1. The molecular formula is C10H15N3O2. The summed E-state index contributed by atoms with van der Waals surface area (Å²) in [7, 11) is 1.83. The summed E-state index contributed by atoms with van der Waals surface area (Å²) in [5.41, 5.74) is 1.93. The van der Waals surface area contributed by atoms with Crippen molar-refractivity contribution in [2.45, 2.75) is 13.3 Å². The molecule has 1 aromatic rings. The van der Waals surface area contributed by atoms with Crippen molar-refractivity contribution in [1.82, 2.24) is 9.78 Å². The van der Waals surface area contributed by atoms with Crippen LogP contribution >= 0.6 is 0 Å². The van der Waals surface area contributed by atoms with E-state index >= 15 is 0 Å². The highest BCUT2D eigenvalue weighted by atomic mass is 16.4. The maximum absolute atomic E-state index is 10.5. The van der Waals surface area contributed by atoms with Gasteiger partial charge in [-0.1, -0.05) is 13.5 Å². The summed E-state index contributed by atoms with van der Waals surface area (Å²) in [5, 5.41) is 15.9. The third-order valence-corrected chi connectivity index (χ3v) is 2.03. The maximum atomic E-state index is 10.5. The van der Waals surface area contributed by atoms with Gasteiger partial charge in [-0.3, -0.25) is 4.68 Å². The first-order valence-electron chi connectivity index (χ1n) is 4.72. The van der Waals surface area contributed by atoms with Gasteiger partial charge in [0.15, 0.2) is 0 Å². The third kappa shape index (κ3) is 2.83. The number of aryl methyl sites for hydroxylation is 2. The molecular weight excluding hydrogens is 194 g/mol. The number of rotatable bonds is 5. The Labute approximate surface area is 88.4 Å². The van der Waals surface area contributed by atoms with E-state index in [1.165, 1.54) is 0 Å². The van der Waals surface area contributed by atoms with Gasteiger partial charge in [0.1, 0.15) is 0 Å². The van der Waals surface area contributed by atoms with Gasteiger partial charge in [-0.15, -0.1) is 0 Å². The predicted molar refractivity (Wildman–Crippen MR) is 57.9 cm³/mol. The normalized spacial score (nSPS) is 10.0. The van der Waals surface area contributed by atoms with Crippen molar-refractivity contribution < 1.29 is 9.90 Å². The predicted octanol–water partition coefficient (Wildman–Crippen LogP) is 1.04. The highest BCUT2D eigenvalue weighted by molar-refractivity contribution is 5.86. The van der Waals surface area contributed by atoms with Crippen LogP contribution in [0.3, 0.4) is 0 Å². The van der Waals surface area contributed by atoms with Gasteiger partial charge >= 0.3 is 5.97 Å². The fourth-order valence-corrected chi connectivity index (χ4v) is 1.22. The number of hydrogen-bond acceptors (Lipinski definition) is 3. The fourth-order valence-electron chi connectivity index (χ4n) is 1.22. The number of nitrogens with zero attached hydrogens (tertiary/aromatic N) is 2. The minimum absolute atomic E-state index is 0.140. The number of aromatic nitrogens is 2. The summed E-state index contributed by atoms with van der Waals surface area (Å²) in [4.78, 5) is 10.5. The fraction of sp³-hybridized carbons (Fsp3) is 0.400. The zero-order chi connectivity index (χ0) is 11.4. The highest BCUT2D eigenvalue weighted by Gasteiger charge is 2.07. The van der Waals surface area contributed by atoms with Crippen LogP contribution in [-0.2, 0) is 18.3 Å². The molecule has 0 amide bonds. The monoisotopic (exact) mass is 209 g/mol. The largest absolute Gasteiger partial charge is 0.478 e. The third-order valence-electron chi connectivity index (χ3n) is 2.03. The van der Waals surface area contributed by atoms with E-state index in [9.17, 15) is 4.79 Å². The molecule has 0 radical (unpaired) electrons. The molecule has 0 atom stereocenters. The van der Waals surface area contributed by atoms with E-state index in [4.69, 9.17) is 5.11 Å². The van der Waals surface area contributed by atoms with E-state index in [2.05, 4.69) is 17.0 Å². The molecule has 15 heavy (non-hydrogen) atoms. The summed E-state index contributed by atoms with van der Waals surface area (Å²) < 4.78 is 1.70. The van der Waals surface area contributed by atoms with Crippen LogP contribution in [0.2, 0.25) is 0 Å². The topological polar surface area (TPSA) is 67.2 Å². The Morgan fingerprint density at radius 3 is 2.93 bits per heavy atom.